The molecule has 1 aromatic carbocycles. The minimum atomic E-state index is -0.449. The van der Waals surface area contributed by atoms with Gasteiger partial charge >= 0.3 is 5.97 Å². The molecule has 1 aromatic rings. The SMILES string of the molecule is CCOC(=O)CCCCCCC(=O)c1ccc(F)cc1Cl. The molecule has 0 saturated carbocycles. The van der Waals surface area contributed by atoms with Crippen LogP contribution in [0.25, 0.3) is 0 Å². The molecule has 0 aliphatic carbocycles. The molecule has 0 amide bonds. The van der Waals surface area contributed by atoms with E-state index in [2.05, 4.69) is 0 Å². The number of ketones is 1. The van der Waals surface area contributed by atoms with E-state index in [0.717, 1.165) is 31.7 Å². The van der Waals surface area contributed by atoms with E-state index in [9.17, 15) is 14.0 Å². The average Bonchev–Trinajstić information content (AvgIpc) is 2.42. The Kier molecular flexibility index (Phi) is 7.98. The number of Topliss-reactive ketones (excluding diaryl/α,β-unsaturated/α-hetero) is 1. The highest BCUT2D eigenvalue weighted by Crippen LogP contribution is 2.20. The van der Waals surface area contributed by atoms with Crippen LogP contribution in [0.15, 0.2) is 18.2 Å². The van der Waals surface area contributed by atoms with Crippen molar-refractivity contribution < 1.29 is 18.7 Å². The normalized spacial score (nSPS) is 10.4. The molecule has 0 heterocycles. The van der Waals surface area contributed by atoms with Gasteiger partial charge in [-0.05, 0) is 38.0 Å². The monoisotopic (exact) mass is 314 g/mol. The van der Waals surface area contributed by atoms with Crippen molar-refractivity contribution in [1.82, 2.24) is 0 Å². The first kappa shape index (κ1) is 17.6. The van der Waals surface area contributed by atoms with Crippen LogP contribution in [0.3, 0.4) is 0 Å². The number of esters is 1. The summed E-state index contributed by atoms with van der Waals surface area (Å²) in [6.07, 6.45) is 4.04. The highest BCUT2D eigenvalue weighted by atomic mass is 35.5. The van der Waals surface area contributed by atoms with Crippen LogP contribution < -0.4 is 0 Å². The van der Waals surface area contributed by atoms with Gasteiger partial charge < -0.3 is 4.74 Å². The Hall–Kier alpha value is -1.42. The van der Waals surface area contributed by atoms with Gasteiger partial charge in [-0.2, -0.15) is 0 Å². The van der Waals surface area contributed by atoms with E-state index in [-0.39, 0.29) is 16.8 Å². The Morgan fingerprint density at radius 2 is 1.81 bits per heavy atom. The molecule has 0 unspecified atom stereocenters. The predicted molar refractivity (Wildman–Crippen MR) is 80.1 cm³/mol. The molecule has 0 aromatic heterocycles. The first-order chi connectivity index (χ1) is 10.0. The summed E-state index contributed by atoms with van der Waals surface area (Å²) in [5.74, 6) is -0.701. The highest BCUT2D eigenvalue weighted by molar-refractivity contribution is 6.33. The molecule has 0 N–H and O–H groups in total. The second-order valence-electron chi connectivity index (χ2n) is 4.77. The number of rotatable bonds is 9. The molecule has 0 fully saturated rings. The van der Waals surface area contributed by atoms with Crippen molar-refractivity contribution in [3.63, 3.8) is 0 Å². The molecule has 3 nitrogen and oxygen atoms in total. The van der Waals surface area contributed by atoms with Crippen molar-refractivity contribution in [1.29, 1.82) is 0 Å². The van der Waals surface area contributed by atoms with Crippen LogP contribution in [0.2, 0.25) is 5.02 Å². The number of halogens is 2. The second-order valence-corrected chi connectivity index (χ2v) is 5.17. The summed E-state index contributed by atoms with van der Waals surface area (Å²) in [5, 5.41) is 0.155. The Morgan fingerprint density at radius 3 is 2.43 bits per heavy atom. The maximum Gasteiger partial charge on any atom is 0.305 e. The number of hydrogen-bond donors (Lipinski definition) is 0. The maximum atomic E-state index is 12.9. The average molecular weight is 315 g/mol. The third-order valence-electron chi connectivity index (χ3n) is 3.07. The fourth-order valence-corrected chi connectivity index (χ4v) is 2.26. The molecule has 5 heteroatoms. The predicted octanol–water partition coefficient (Wildman–Crippen LogP) is 4.57. The van der Waals surface area contributed by atoms with Crippen LogP contribution >= 0.6 is 11.6 Å². The number of carbonyl (C=O) groups is 2. The highest BCUT2D eigenvalue weighted by Gasteiger charge is 2.10. The van der Waals surface area contributed by atoms with Crippen LogP contribution in [0.1, 0.15) is 55.8 Å². The van der Waals surface area contributed by atoms with Gasteiger partial charge in [0.25, 0.3) is 0 Å². The van der Waals surface area contributed by atoms with E-state index < -0.39 is 5.82 Å². The van der Waals surface area contributed by atoms with Gasteiger partial charge in [0.15, 0.2) is 5.78 Å². The van der Waals surface area contributed by atoms with Crippen LogP contribution in [-0.2, 0) is 9.53 Å². The van der Waals surface area contributed by atoms with Gasteiger partial charge in [-0.1, -0.05) is 24.4 Å². The number of carbonyl (C=O) groups excluding carboxylic acids is 2. The Morgan fingerprint density at radius 1 is 1.14 bits per heavy atom. The standard InChI is InChI=1S/C16H20ClFO3/c1-2-21-16(20)8-6-4-3-5-7-15(19)13-10-9-12(18)11-14(13)17/h9-11H,2-8H2,1H3. The Balaban J connectivity index is 2.21. The smallest absolute Gasteiger partial charge is 0.305 e. The molecule has 0 aliphatic rings. The molecule has 21 heavy (non-hydrogen) atoms. The van der Waals surface area contributed by atoms with Gasteiger partial charge in [0.2, 0.25) is 0 Å². The topological polar surface area (TPSA) is 43.4 Å². The van der Waals surface area contributed by atoms with Gasteiger partial charge in [-0.15, -0.1) is 0 Å². The van der Waals surface area contributed by atoms with Crippen molar-refractivity contribution in [2.24, 2.45) is 0 Å². The maximum absolute atomic E-state index is 12.9. The van der Waals surface area contributed by atoms with Crippen molar-refractivity contribution in [2.75, 3.05) is 6.61 Å². The zero-order valence-electron chi connectivity index (χ0n) is 12.2. The van der Waals surface area contributed by atoms with E-state index in [1.54, 1.807) is 6.92 Å². The van der Waals surface area contributed by atoms with Crippen LogP contribution in [0.4, 0.5) is 4.39 Å². The lowest BCUT2D eigenvalue weighted by Crippen LogP contribution is -2.03. The molecule has 0 atom stereocenters. The van der Waals surface area contributed by atoms with Crippen LogP contribution in [0, 0.1) is 5.82 Å². The molecular formula is C16H20ClFO3. The number of benzene rings is 1. The first-order valence-electron chi connectivity index (χ1n) is 7.18. The summed E-state index contributed by atoms with van der Waals surface area (Å²) in [7, 11) is 0. The third kappa shape index (κ3) is 6.71. The van der Waals surface area contributed by atoms with Crippen molar-refractivity contribution in [3.05, 3.63) is 34.6 Å². The molecule has 0 aliphatic heterocycles. The summed E-state index contributed by atoms with van der Waals surface area (Å²) in [6.45, 7) is 2.19. The van der Waals surface area contributed by atoms with E-state index in [1.165, 1.54) is 12.1 Å². The minimum absolute atomic E-state index is 0.0783. The quantitative estimate of drug-likeness (QED) is 0.381. The van der Waals surface area contributed by atoms with E-state index >= 15 is 0 Å². The molecular weight excluding hydrogens is 295 g/mol. The van der Waals surface area contributed by atoms with Crippen molar-refractivity contribution >= 4 is 23.4 Å². The van der Waals surface area contributed by atoms with E-state index in [4.69, 9.17) is 16.3 Å². The third-order valence-corrected chi connectivity index (χ3v) is 3.38. The zero-order chi connectivity index (χ0) is 15.7. The fourth-order valence-electron chi connectivity index (χ4n) is 1.99. The second kappa shape index (κ2) is 9.50. The van der Waals surface area contributed by atoms with Gasteiger partial charge in [0, 0.05) is 18.4 Å². The summed E-state index contributed by atoms with van der Waals surface area (Å²) in [4.78, 5) is 23.0. The molecule has 116 valence electrons. The number of unbranched alkanes of at least 4 members (excludes halogenated alkanes) is 3. The van der Waals surface area contributed by atoms with Crippen LogP contribution in [-0.4, -0.2) is 18.4 Å². The van der Waals surface area contributed by atoms with Crippen molar-refractivity contribution in [2.45, 2.75) is 45.4 Å². The number of hydrogen-bond acceptors (Lipinski definition) is 3. The Bertz CT molecular complexity index is 488. The summed E-state index contributed by atoms with van der Waals surface area (Å²) in [5.41, 5.74) is 0.365. The van der Waals surface area contributed by atoms with E-state index in [0.29, 0.717) is 25.0 Å². The van der Waals surface area contributed by atoms with Crippen molar-refractivity contribution in [3.8, 4) is 0 Å². The number of ether oxygens (including phenoxy) is 1. The summed E-state index contributed by atoms with van der Waals surface area (Å²) < 4.78 is 17.7. The van der Waals surface area contributed by atoms with Gasteiger partial charge in [-0.3, -0.25) is 9.59 Å². The van der Waals surface area contributed by atoms with Gasteiger partial charge in [0.1, 0.15) is 5.82 Å². The fraction of sp³-hybridized carbons (Fsp3) is 0.500. The van der Waals surface area contributed by atoms with Gasteiger partial charge in [0.05, 0.1) is 11.6 Å². The lowest BCUT2D eigenvalue weighted by Gasteiger charge is -2.04. The Labute approximate surface area is 129 Å². The zero-order valence-corrected chi connectivity index (χ0v) is 12.9. The lowest BCUT2D eigenvalue weighted by atomic mass is 10.0. The molecule has 0 saturated heterocycles. The molecule has 0 spiro atoms. The lowest BCUT2D eigenvalue weighted by molar-refractivity contribution is -0.143. The molecule has 0 radical (unpaired) electrons. The largest absolute Gasteiger partial charge is 0.466 e. The molecule has 0 bridgehead atoms. The van der Waals surface area contributed by atoms with E-state index in [1.807, 2.05) is 0 Å². The minimum Gasteiger partial charge on any atom is -0.466 e. The first-order valence-corrected chi connectivity index (χ1v) is 7.56. The van der Waals surface area contributed by atoms with Crippen LogP contribution in [0.5, 0.6) is 0 Å². The summed E-state index contributed by atoms with van der Waals surface area (Å²) >= 11 is 5.84. The van der Waals surface area contributed by atoms with Gasteiger partial charge in [-0.25, -0.2) is 4.39 Å². The summed E-state index contributed by atoms with van der Waals surface area (Å²) in [6, 6.07) is 3.80. The molecule has 1 rings (SSSR count).